The van der Waals surface area contributed by atoms with Gasteiger partial charge in [-0.15, -0.1) is 0 Å². The number of rotatable bonds is 5. The molecule has 0 bridgehead atoms. The van der Waals surface area contributed by atoms with E-state index in [2.05, 4.69) is 180 Å². The smallest absolute Gasteiger partial charge is 0.00206 e. The summed E-state index contributed by atoms with van der Waals surface area (Å²) in [4.78, 5) is 0. The van der Waals surface area contributed by atoms with E-state index in [0.717, 1.165) is 5.92 Å². The first kappa shape index (κ1) is 32.2. The van der Waals surface area contributed by atoms with Gasteiger partial charge in [-0.05, 0) is 85.8 Å². The molecule has 222 valence electrons. The minimum atomic E-state index is 0.833. The van der Waals surface area contributed by atoms with Crippen molar-refractivity contribution in [3.63, 3.8) is 0 Å². The molecule has 0 aliphatic heterocycles. The molecule has 0 nitrogen and oxygen atoms in total. The number of aryl methyl sites for hydroxylation is 2. The predicted octanol–water partition coefficient (Wildman–Crippen LogP) is 13.3. The summed E-state index contributed by atoms with van der Waals surface area (Å²) in [6.07, 6.45) is 9.05. The Balaban J connectivity index is 0.000000683. The van der Waals surface area contributed by atoms with E-state index >= 15 is 0 Å². The van der Waals surface area contributed by atoms with Crippen molar-refractivity contribution in [3.8, 4) is 11.1 Å². The van der Waals surface area contributed by atoms with Crippen molar-refractivity contribution in [2.24, 2.45) is 5.92 Å². The maximum absolute atomic E-state index is 2.28. The van der Waals surface area contributed by atoms with Crippen LogP contribution in [0.2, 0.25) is 0 Å². The molecule has 0 saturated heterocycles. The van der Waals surface area contributed by atoms with E-state index in [1.54, 1.807) is 0 Å². The largest absolute Gasteiger partial charge is 0.0683 e. The zero-order valence-electron chi connectivity index (χ0n) is 27.4. The van der Waals surface area contributed by atoms with Crippen LogP contribution in [0.5, 0.6) is 0 Å². The first-order chi connectivity index (χ1) is 21.4. The van der Waals surface area contributed by atoms with Gasteiger partial charge in [0.15, 0.2) is 0 Å². The predicted molar refractivity (Wildman–Crippen MR) is 199 cm³/mol. The summed E-state index contributed by atoms with van der Waals surface area (Å²) in [5.74, 6) is 0.833. The molecule has 0 unspecified atom stereocenters. The van der Waals surface area contributed by atoms with Crippen LogP contribution in [0.25, 0.3) is 57.0 Å². The van der Waals surface area contributed by atoms with Gasteiger partial charge in [-0.2, -0.15) is 0 Å². The van der Waals surface area contributed by atoms with E-state index in [1.807, 2.05) is 13.8 Å². The van der Waals surface area contributed by atoms with Crippen LogP contribution in [0.15, 0.2) is 121 Å². The Kier molecular flexibility index (Phi) is 11.5. The molecule has 0 amide bonds. The Bertz CT molecular complexity index is 1740. The third-order valence-electron chi connectivity index (χ3n) is 7.43. The van der Waals surface area contributed by atoms with Crippen molar-refractivity contribution in [2.45, 2.75) is 48.5 Å². The highest BCUT2D eigenvalue weighted by Gasteiger charge is 2.15. The van der Waals surface area contributed by atoms with E-state index in [9.17, 15) is 0 Å². The van der Waals surface area contributed by atoms with Crippen LogP contribution in [0.1, 0.15) is 68.0 Å². The Morgan fingerprint density at radius 1 is 0.386 bits per heavy atom. The zero-order valence-corrected chi connectivity index (χ0v) is 27.4. The molecule has 6 aromatic carbocycles. The molecule has 0 N–H and O–H groups in total. The van der Waals surface area contributed by atoms with E-state index in [0.29, 0.717) is 0 Å². The van der Waals surface area contributed by atoms with Crippen LogP contribution in [0.3, 0.4) is 0 Å². The van der Waals surface area contributed by atoms with Gasteiger partial charge in [0.2, 0.25) is 0 Å². The van der Waals surface area contributed by atoms with Crippen molar-refractivity contribution >= 4 is 45.8 Å². The molecule has 0 aromatic heterocycles. The minimum Gasteiger partial charge on any atom is -0.0683 e. The molecular formula is C44H46. The fourth-order valence-corrected chi connectivity index (χ4v) is 5.32. The topological polar surface area (TPSA) is 0 Å². The van der Waals surface area contributed by atoms with Gasteiger partial charge in [0, 0.05) is 0 Å². The number of benzene rings is 6. The molecule has 0 atom stereocenters. The van der Waals surface area contributed by atoms with Crippen molar-refractivity contribution in [3.05, 3.63) is 155 Å². The molecule has 6 rings (SSSR count). The summed E-state index contributed by atoms with van der Waals surface area (Å²) < 4.78 is 0. The second kappa shape index (κ2) is 15.7. The van der Waals surface area contributed by atoms with Gasteiger partial charge in [0.05, 0.1) is 0 Å². The molecule has 0 fully saturated rings. The van der Waals surface area contributed by atoms with E-state index in [-0.39, 0.29) is 0 Å². The monoisotopic (exact) mass is 574 g/mol. The van der Waals surface area contributed by atoms with E-state index in [1.165, 1.54) is 66.1 Å². The third-order valence-corrected chi connectivity index (χ3v) is 7.43. The lowest BCUT2D eigenvalue weighted by molar-refractivity contribution is 0.737. The lowest BCUT2D eigenvalue weighted by Gasteiger charge is -2.17. The van der Waals surface area contributed by atoms with Crippen LogP contribution >= 0.6 is 0 Å². The van der Waals surface area contributed by atoms with Crippen LogP contribution in [0, 0.1) is 19.8 Å². The summed E-state index contributed by atoms with van der Waals surface area (Å²) in [7, 11) is 0. The quantitative estimate of drug-likeness (QED) is 0.180. The zero-order chi connectivity index (χ0) is 31.5. The molecule has 0 radical (unpaired) electrons. The lowest BCUT2D eigenvalue weighted by atomic mass is 9.86. The SMILES string of the molecule is CC.CC(C)C.Cc1ccccc1/C=C/c1ccc2ccccc2c1-c1c(/C=C/c2ccccc2C)ccc2ccccc12. The molecule has 0 heterocycles. The van der Waals surface area contributed by atoms with Crippen molar-refractivity contribution in [1.82, 2.24) is 0 Å². The molecule has 0 spiro atoms. The number of hydrogen-bond acceptors (Lipinski definition) is 0. The maximum Gasteiger partial charge on any atom is -0.00206 e. The standard InChI is InChI=1S/C38H30.C4H10.C2H6/c1-27-11-3-5-13-29(27)19-23-33-25-21-31-15-7-9-17-35(31)37(33)38-34(24-20-30-14-6-4-12-28(30)2)26-22-32-16-8-10-18-36(32)38;1-4(2)3;1-2/h3-26H,1-2H3;4H,1-3H3;1-2H3/b23-19+,24-20+;;. The average Bonchev–Trinajstić information content (AvgIpc) is 3.04. The van der Waals surface area contributed by atoms with Gasteiger partial charge in [-0.25, -0.2) is 0 Å². The van der Waals surface area contributed by atoms with Gasteiger partial charge >= 0.3 is 0 Å². The molecule has 0 aliphatic carbocycles. The molecule has 44 heavy (non-hydrogen) atoms. The first-order valence-corrected chi connectivity index (χ1v) is 15.9. The molecule has 0 saturated carbocycles. The summed E-state index contributed by atoms with van der Waals surface area (Å²) >= 11 is 0. The third kappa shape index (κ3) is 7.82. The Hall–Kier alpha value is -4.68. The van der Waals surface area contributed by atoms with Crippen LogP contribution in [-0.2, 0) is 0 Å². The summed E-state index contributed by atoms with van der Waals surface area (Å²) in [5, 5.41) is 5.03. The van der Waals surface area contributed by atoms with Crippen LogP contribution in [-0.4, -0.2) is 0 Å². The fourth-order valence-electron chi connectivity index (χ4n) is 5.32. The van der Waals surface area contributed by atoms with Gasteiger partial charge in [0.1, 0.15) is 0 Å². The Morgan fingerprint density at radius 2 is 0.705 bits per heavy atom. The second-order valence-corrected chi connectivity index (χ2v) is 11.6. The van der Waals surface area contributed by atoms with Crippen molar-refractivity contribution in [1.29, 1.82) is 0 Å². The van der Waals surface area contributed by atoms with Crippen molar-refractivity contribution in [2.75, 3.05) is 0 Å². The highest BCUT2D eigenvalue weighted by molar-refractivity contribution is 6.11. The average molecular weight is 575 g/mol. The maximum atomic E-state index is 2.28. The fraction of sp³-hybridized carbons (Fsp3) is 0.182. The summed E-state index contributed by atoms with van der Waals surface area (Å²) in [6.45, 7) is 14.8. The van der Waals surface area contributed by atoms with E-state index in [4.69, 9.17) is 0 Å². The highest BCUT2D eigenvalue weighted by Crippen LogP contribution is 2.40. The Morgan fingerprint density at radius 3 is 1.09 bits per heavy atom. The number of fused-ring (bicyclic) bond motifs is 2. The molecule has 6 aromatic rings. The van der Waals surface area contributed by atoms with Gasteiger partial charge in [0.25, 0.3) is 0 Å². The Labute approximate surface area is 265 Å². The normalized spacial score (nSPS) is 11.1. The van der Waals surface area contributed by atoms with E-state index < -0.39 is 0 Å². The van der Waals surface area contributed by atoms with Crippen LogP contribution < -0.4 is 0 Å². The molecule has 0 heteroatoms. The lowest BCUT2D eigenvalue weighted by Crippen LogP contribution is -1.92. The van der Waals surface area contributed by atoms with Gasteiger partial charge < -0.3 is 0 Å². The second-order valence-electron chi connectivity index (χ2n) is 11.6. The first-order valence-electron chi connectivity index (χ1n) is 15.9. The molecule has 0 aliphatic rings. The molecular weight excluding hydrogens is 528 g/mol. The van der Waals surface area contributed by atoms with Gasteiger partial charge in [-0.1, -0.05) is 180 Å². The van der Waals surface area contributed by atoms with Crippen molar-refractivity contribution < 1.29 is 0 Å². The van der Waals surface area contributed by atoms with Gasteiger partial charge in [-0.3, -0.25) is 0 Å². The number of hydrogen-bond donors (Lipinski definition) is 0. The van der Waals surface area contributed by atoms with Crippen LogP contribution in [0.4, 0.5) is 0 Å². The summed E-state index contributed by atoms with van der Waals surface area (Å²) in [5.41, 5.74) is 10.0. The minimum absolute atomic E-state index is 0.833. The summed E-state index contributed by atoms with van der Waals surface area (Å²) in [6, 6.07) is 43.6. The highest BCUT2D eigenvalue weighted by atomic mass is 14.2.